The zero-order chi connectivity index (χ0) is 16.3. The van der Waals surface area contributed by atoms with Crippen molar-refractivity contribution in [2.75, 3.05) is 6.54 Å². The topological polar surface area (TPSA) is 49.3 Å². The maximum Gasteiger partial charge on any atom is 0.251 e. The number of hydrogen-bond acceptors (Lipinski definition) is 2. The molecular weight excluding hydrogens is 286 g/mol. The molecule has 120 valence electrons. The second-order valence-electron chi connectivity index (χ2n) is 6.32. The van der Waals surface area contributed by atoms with Crippen molar-refractivity contribution in [2.45, 2.75) is 38.2 Å². The zero-order valence-electron chi connectivity index (χ0n) is 13.5. The molecule has 2 aromatic rings. The number of carbonyl (C=O) groups excluding carboxylic acids is 1. The number of hydrogen-bond donors (Lipinski definition) is 2. The van der Waals surface area contributed by atoms with Crippen LogP contribution >= 0.6 is 0 Å². The fourth-order valence-corrected chi connectivity index (χ4v) is 3.29. The van der Waals surface area contributed by atoms with E-state index in [0.717, 1.165) is 24.8 Å². The summed E-state index contributed by atoms with van der Waals surface area (Å²) in [7, 11) is 0. The van der Waals surface area contributed by atoms with E-state index < -0.39 is 5.60 Å². The van der Waals surface area contributed by atoms with Crippen molar-refractivity contribution in [3.63, 3.8) is 0 Å². The van der Waals surface area contributed by atoms with E-state index in [2.05, 4.69) is 12.2 Å². The van der Waals surface area contributed by atoms with Gasteiger partial charge in [0, 0.05) is 5.56 Å². The summed E-state index contributed by atoms with van der Waals surface area (Å²) in [6, 6.07) is 15.6. The maximum absolute atomic E-state index is 12.3. The molecule has 0 fully saturated rings. The molecule has 23 heavy (non-hydrogen) atoms. The molecule has 3 nitrogen and oxygen atoms in total. The highest BCUT2D eigenvalue weighted by Crippen LogP contribution is 2.36. The van der Waals surface area contributed by atoms with Crippen LogP contribution in [-0.4, -0.2) is 17.6 Å². The van der Waals surface area contributed by atoms with E-state index in [1.807, 2.05) is 48.5 Å². The Morgan fingerprint density at radius 1 is 1.17 bits per heavy atom. The Morgan fingerprint density at radius 3 is 2.65 bits per heavy atom. The molecule has 2 N–H and O–H groups in total. The minimum atomic E-state index is -0.950. The summed E-state index contributed by atoms with van der Waals surface area (Å²) in [5, 5.41) is 13.7. The lowest BCUT2D eigenvalue weighted by molar-refractivity contribution is 0.0369. The predicted molar refractivity (Wildman–Crippen MR) is 91.4 cm³/mol. The third kappa shape index (κ3) is 3.30. The summed E-state index contributed by atoms with van der Waals surface area (Å²) in [6.45, 7) is 2.39. The summed E-state index contributed by atoms with van der Waals surface area (Å²) in [5.41, 5.74) is 3.05. The van der Waals surface area contributed by atoms with Gasteiger partial charge < -0.3 is 10.4 Å². The van der Waals surface area contributed by atoms with Gasteiger partial charge in [-0.3, -0.25) is 4.79 Å². The van der Waals surface area contributed by atoms with Gasteiger partial charge in [-0.05, 0) is 48.1 Å². The van der Waals surface area contributed by atoms with Crippen LogP contribution in [0.4, 0.5) is 0 Å². The van der Waals surface area contributed by atoms with Crippen LogP contribution in [0.2, 0.25) is 0 Å². The third-order valence-corrected chi connectivity index (χ3v) is 4.62. The van der Waals surface area contributed by atoms with Crippen molar-refractivity contribution in [3.05, 3.63) is 70.8 Å². The molecule has 0 spiro atoms. The molecule has 0 aromatic heterocycles. The van der Waals surface area contributed by atoms with E-state index in [1.54, 1.807) is 0 Å². The van der Waals surface area contributed by atoms with Gasteiger partial charge in [0.05, 0.1) is 6.54 Å². The van der Waals surface area contributed by atoms with Crippen LogP contribution in [0.15, 0.2) is 48.5 Å². The van der Waals surface area contributed by atoms with E-state index in [-0.39, 0.29) is 12.5 Å². The number of nitrogens with one attached hydrogen (secondary N) is 1. The molecule has 1 atom stereocenters. The summed E-state index contributed by atoms with van der Waals surface area (Å²) < 4.78 is 0. The Hall–Kier alpha value is -2.13. The van der Waals surface area contributed by atoms with Crippen molar-refractivity contribution in [2.24, 2.45) is 0 Å². The Morgan fingerprint density at radius 2 is 1.91 bits per heavy atom. The Bertz CT molecular complexity index is 693. The van der Waals surface area contributed by atoms with E-state index in [9.17, 15) is 9.90 Å². The average Bonchev–Trinajstić information content (AvgIpc) is 2.92. The quantitative estimate of drug-likeness (QED) is 0.891. The van der Waals surface area contributed by atoms with Crippen LogP contribution < -0.4 is 5.32 Å². The van der Waals surface area contributed by atoms with E-state index in [4.69, 9.17) is 0 Å². The standard InChI is InChI=1S/C20H23NO2/c1-2-5-15-8-10-17(11-9-15)19(22)21-14-20(23)13-12-16-6-3-4-7-18(16)20/h3-4,6-11,23H,2,5,12-14H2,1H3,(H,21,22). The fourth-order valence-electron chi connectivity index (χ4n) is 3.29. The summed E-state index contributed by atoms with van der Waals surface area (Å²) in [6.07, 6.45) is 3.63. The Labute approximate surface area is 137 Å². The van der Waals surface area contributed by atoms with Gasteiger partial charge in [0.25, 0.3) is 5.91 Å². The van der Waals surface area contributed by atoms with Gasteiger partial charge in [-0.25, -0.2) is 0 Å². The lowest BCUT2D eigenvalue weighted by Gasteiger charge is -2.24. The lowest BCUT2D eigenvalue weighted by Crippen LogP contribution is -2.39. The van der Waals surface area contributed by atoms with Gasteiger partial charge >= 0.3 is 0 Å². The van der Waals surface area contributed by atoms with Gasteiger partial charge in [0.15, 0.2) is 0 Å². The van der Waals surface area contributed by atoms with Crippen molar-refractivity contribution >= 4 is 5.91 Å². The van der Waals surface area contributed by atoms with Crippen LogP contribution in [0.1, 0.15) is 46.8 Å². The molecule has 3 rings (SSSR count). The minimum absolute atomic E-state index is 0.133. The molecule has 0 saturated heterocycles. The molecule has 1 aliphatic rings. The molecule has 0 aliphatic heterocycles. The van der Waals surface area contributed by atoms with Crippen LogP contribution in [-0.2, 0) is 18.4 Å². The first kappa shape index (κ1) is 15.8. The Balaban J connectivity index is 1.65. The highest BCUT2D eigenvalue weighted by molar-refractivity contribution is 5.94. The molecule has 0 bridgehead atoms. The monoisotopic (exact) mass is 309 g/mol. The average molecular weight is 309 g/mol. The van der Waals surface area contributed by atoms with Gasteiger partial charge in [-0.2, -0.15) is 0 Å². The molecule has 3 heteroatoms. The number of carbonyl (C=O) groups is 1. The van der Waals surface area contributed by atoms with Crippen LogP contribution in [0.25, 0.3) is 0 Å². The number of fused-ring (bicyclic) bond motifs is 1. The number of aliphatic hydroxyl groups is 1. The first-order valence-corrected chi connectivity index (χ1v) is 8.30. The third-order valence-electron chi connectivity index (χ3n) is 4.62. The lowest BCUT2D eigenvalue weighted by atomic mass is 9.96. The van der Waals surface area contributed by atoms with Gasteiger partial charge in [-0.15, -0.1) is 0 Å². The molecule has 0 radical (unpaired) electrons. The highest BCUT2D eigenvalue weighted by Gasteiger charge is 2.36. The molecular formula is C20H23NO2. The van der Waals surface area contributed by atoms with Crippen molar-refractivity contribution < 1.29 is 9.90 Å². The van der Waals surface area contributed by atoms with E-state index in [1.165, 1.54) is 11.1 Å². The molecule has 2 aromatic carbocycles. The van der Waals surface area contributed by atoms with E-state index in [0.29, 0.717) is 12.0 Å². The van der Waals surface area contributed by atoms with Crippen LogP contribution in [0.3, 0.4) is 0 Å². The molecule has 1 unspecified atom stereocenters. The van der Waals surface area contributed by atoms with Crippen molar-refractivity contribution in [1.82, 2.24) is 5.32 Å². The van der Waals surface area contributed by atoms with Gasteiger partial charge in [0.2, 0.25) is 0 Å². The normalized spacial score (nSPS) is 19.4. The summed E-state index contributed by atoms with van der Waals surface area (Å²) in [4.78, 5) is 12.3. The smallest absolute Gasteiger partial charge is 0.251 e. The molecule has 1 aliphatic carbocycles. The number of aryl methyl sites for hydroxylation is 2. The van der Waals surface area contributed by atoms with Crippen LogP contribution in [0, 0.1) is 0 Å². The molecule has 1 amide bonds. The fraction of sp³-hybridized carbons (Fsp3) is 0.350. The first-order valence-electron chi connectivity index (χ1n) is 8.30. The minimum Gasteiger partial charge on any atom is -0.383 e. The molecule has 0 heterocycles. The van der Waals surface area contributed by atoms with Crippen molar-refractivity contribution in [3.8, 4) is 0 Å². The van der Waals surface area contributed by atoms with Gasteiger partial charge in [-0.1, -0.05) is 49.7 Å². The van der Waals surface area contributed by atoms with Crippen molar-refractivity contribution in [1.29, 1.82) is 0 Å². The number of rotatable bonds is 5. The highest BCUT2D eigenvalue weighted by atomic mass is 16.3. The largest absolute Gasteiger partial charge is 0.383 e. The second-order valence-corrected chi connectivity index (χ2v) is 6.32. The second kappa shape index (κ2) is 6.55. The number of amides is 1. The van der Waals surface area contributed by atoms with E-state index >= 15 is 0 Å². The zero-order valence-corrected chi connectivity index (χ0v) is 13.5. The number of benzene rings is 2. The predicted octanol–water partition coefficient (Wildman–Crippen LogP) is 3.20. The summed E-state index contributed by atoms with van der Waals surface area (Å²) >= 11 is 0. The maximum atomic E-state index is 12.3. The van der Waals surface area contributed by atoms with Gasteiger partial charge in [0.1, 0.15) is 5.60 Å². The first-order chi connectivity index (χ1) is 11.1. The summed E-state index contributed by atoms with van der Waals surface area (Å²) in [5.74, 6) is -0.133. The Kier molecular flexibility index (Phi) is 4.49. The molecule has 0 saturated carbocycles. The van der Waals surface area contributed by atoms with Crippen LogP contribution in [0.5, 0.6) is 0 Å². The SMILES string of the molecule is CCCc1ccc(C(=O)NCC2(O)CCc3ccccc32)cc1.